The molecule has 2 atom stereocenters. The van der Waals surface area contributed by atoms with Crippen molar-refractivity contribution in [1.82, 2.24) is 5.32 Å². The smallest absolute Gasteiger partial charge is 0.237 e. The summed E-state index contributed by atoms with van der Waals surface area (Å²) in [4.78, 5) is 11.6. The van der Waals surface area contributed by atoms with E-state index < -0.39 is 5.92 Å². The van der Waals surface area contributed by atoms with Crippen molar-refractivity contribution in [2.24, 2.45) is 5.92 Å². The van der Waals surface area contributed by atoms with Crippen LogP contribution >= 0.6 is 11.3 Å². The number of carbonyl (C=O) groups excluding carboxylic acids is 1. The van der Waals surface area contributed by atoms with Gasteiger partial charge in [0.25, 0.3) is 0 Å². The lowest BCUT2D eigenvalue weighted by Gasteiger charge is -2.14. The number of hydrogen-bond acceptors (Lipinski definition) is 3. The summed E-state index contributed by atoms with van der Waals surface area (Å²) in [5.41, 5.74) is 1.22. The van der Waals surface area contributed by atoms with Crippen LogP contribution in [0.5, 0.6) is 0 Å². The molecule has 1 rings (SSSR count). The Balaban J connectivity index is 2.43. The molecule has 16 heavy (non-hydrogen) atoms. The predicted octanol–water partition coefficient (Wildman–Crippen LogP) is 2.35. The van der Waals surface area contributed by atoms with Crippen LogP contribution in [0.25, 0.3) is 0 Å². The lowest BCUT2D eigenvalue weighted by Crippen LogP contribution is -2.37. The van der Waals surface area contributed by atoms with E-state index in [2.05, 4.69) is 16.8 Å². The Kier molecular flexibility index (Phi) is 5.00. The first kappa shape index (κ1) is 12.7. The Morgan fingerprint density at radius 2 is 2.44 bits per heavy atom. The monoisotopic (exact) mass is 236 g/mol. The molecule has 0 radical (unpaired) electrons. The van der Waals surface area contributed by atoms with Gasteiger partial charge >= 0.3 is 0 Å². The molecular weight excluding hydrogens is 220 g/mol. The van der Waals surface area contributed by atoms with Gasteiger partial charge in [0.05, 0.1) is 6.07 Å². The van der Waals surface area contributed by atoms with Crippen molar-refractivity contribution < 1.29 is 4.79 Å². The van der Waals surface area contributed by atoms with Gasteiger partial charge in [-0.2, -0.15) is 16.6 Å². The van der Waals surface area contributed by atoms with Crippen molar-refractivity contribution in [3.63, 3.8) is 0 Å². The van der Waals surface area contributed by atoms with E-state index >= 15 is 0 Å². The second-order valence-electron chi connectivity index (χ2n) is 3.84. The van der Waals surface area contributed by atoms with E-state index in [1.165, 1.54) is 5.56 Å². The Labute approximate surface area is 100 Å². The molecule has 1 amide bonds. The fraction of sp³-hybridized carbons (Fsp3) is 0.500. The van der Waals surface area contributed by atoms with Crippen molar-refractivity contribution in [1.29, 1.82) is 5.26 Å². The van der Waals surface area contributed by atoms with Crippen LogP contribution in [0.15, 0.2) is 16.8 Å². The van der Waals surface area contributed by atoms with Crippen LogP contribution < -0.4 is 5.32 Å². The average molecular weight is 236 g/mol. The fourth-order valence-corrected chi connectivity index (χ4v) is 2.17. The Morgan fingerprint density at radius 1 is 1.69 bits per heavy atom. The lowest BCUT2D eigenvalue weighted by atomic mass is 10.1. The van der Waals surface area contributed by atoms with Gasteiger partial charge in [-0.05, 0) is 42.2 Å². The summed E-state index contributed by atoms with van der Waals surface area (Å²) in [6.45, 7) is 3.80. The molecule has 0 fully saturated rings. The third-order valence-corrected chi connectivity index (χ3v) is 3.12. The summed E-state index contributed by atoms with van der Waals surface area (Å²) in [5.74, 6) is -0.683. The van der Waals surface area contributed by atoms with Gasteiger partial charge in [0.15, 0.2) is 0 Å². The summed E-state index contributed by atoms with van der Waals surface area (Å²) in [7, 11) is 0. The Bertz CT molecular complexity index is 367. The largest absolute Gasteiger partial charge is 0.352 e. The Morgan fingerprint density at radius 3 is 2.94 bits per heavy atom. The molecule has 0 aromatic carbocycles. The maximum absolute atomic E-state index is 11.6. The second-order valence-corrected chi connectivity index (χ2v) is 4.62. The van der Waals surface area contributed by atoms with Crippen LogP contribution in [0.3, 0.4) is 0 Å². The number of rotatable bonds is 5. The zero-order chi connectivity index (χ0) is 12.0. The number of carbonyl (C=O) groups is 1. The van der Waals surface area contributed by atoms with Gasteiger partial charge in [-0.25, -0.2) is 0 Å². The number of nitrogens with one attached hydrogen (secondary N) is 1. The van der Waals surface area contributed by atoms with Crippen molar-refractivity contribution in [2.45, 2.75) is 32.7 Å². The maximum Gasteiger partial charge on any atom is 0.237 e. The summed E-state index contributed by atoms with van der Waals surface area (Å²) in [6.07, 6.45) is 1.38. The van der Waals surface area contributed by atoms with Gasteiger partial charge < -0.3 is 5.32 Å². The number of nitriles is 1. The molecule has 1 aromatic rings. The van der Waals surface area contributed by atoms with Gasteiger partial charge in [-0.15, -0.1) is 0 Å². The highest BCUT2D eigenvalue weighted by Crippen LogP contribution is 2.09. The van der Waals surface area contributed by atoms with Crippen LogP contribution in [0, 0.1) is 17.2 Å². The minimum atomic E-state index is -0.523. The molecule has 0 aliphatic carbocycles. The maximum atomic E-state index is 11.6. The minimum Gasteiger partial charge on any atom is -0.352 e. The van der Waals surface area contributed by atoms with E-state index in [4.69, 9.17) is 5.26 Å². The molecule has 3 nitrogen and oxygen atoms in total. The molecular formula is C12H16N2OS. The highest BCUT2D eigenvalue weighted by atomic mass is 32.1. The molecule has 0 saturated carbocycles. The van der Waals surface area contributed by atoms with E-state index in [-0.39, 0.29) is 11.9 Å². The van der Waals surface area contributed by atoms with Crippen molar-refractivity contribution >= 4 is 17.2 Å². The molecule has 86 valence electrons. The quantitative estimate of drug-likeness (QED) is 0.853. The molecule has 0 bridgehead atoms. The number of hydrogen-bond donors (Lipinski definition) is 1. The molecule has 2 unspecified atom stereocenters. The van der Waals surface area contributed by atoms with Gasteiger partial charge in [-0.1, -0.05) is 6.92 Å². The summed E-state index contributed by atoms with van der Waals surface area (Å²) in [5, 5.41) is 15.7. The SMILES string of the molecule is CCC(C#N)C(=O)NC(C)Cc1ccsc1. The van der Waals surface area contributed by atoms with E-state index in [0.29, 0.717) is 6.42 Å². The zero-order valence-electron chi connectivity index (χ0n) is 9.56. The molecule has 0 aliphatic rings. The summed E-state index contributed by atoms with van der Waals surface area (Å²) >= 11 is 1.65. The van der Waals surface area contributed by atoms with Gasteiger partial charge in [0.2, 0.25) is 5.91 Å². The van der Waals surface area contributed by atoms with Crippen LogP contribution in [0.4, 0.5) is 0 Å². The van der Waals surface area contributed by atoms with Crippen LogP contribution in [0.1, 0.15) is 25.8 Å². The normalized spacial score (nSPS) is 13.8. The standard InChI is InChI=1S/C12H16N2OS/c1-3-11(7-13)12(15)14-9(2)6-10-4-5-16-8-10/h4-5,8-9,11H,3,6H2,1-2H3,(H,14,15). The first-order valence-corrected chi connectivity index (χ1v) is 6.32. The first-order valence-electron chi connectivity index (χ1n) is 5.38. The fourth-order valence-electron chi connectivity index (χ4n) is 1.49. The first-order chi connectivity index (χ1) is 7.67. The molecule has 0 saturated heterocycles. The van der Waals surface area contributed by atoms with Crippen LogP contribution in [0.2, 0.25) is 0 Å². The van der Waals surface area contributed by atoms with E-state index in [1.54, 1.807) is 11.3 Å². The molecule has 4 heteroatoms. The third-order valence-electron chi connectivity index (χ3n) is 2.39. The summed E-state index contributed by atoms with van der Waals surface area (Å²) < 4.78 is 0. The van der Waals surface area contributed by atoms with Gasteiger partial charge in [0, 0.05) is 6.04 Å². The zero-order valence-corrected chi connectivity index (χ0v) is 10.4. The number of amides is 1. The minimum absolute atomic E-state index is 0.0736. The van der Waals surface area contributed by atoms with Crippen molar-refractivity contribution in [3.05, 3.63) is 22.4 Å². The highest BCUT2D eigenvalue weighted by molar-refractivity contribution is 7.07. The number of nitrogens with zero attached hydrogens (tertiary/aromatic N) is 1. The molecule has 0 aliphatic heterocycles. The van der Waals surface area contributed by atoms with Crippen molar-refractivity contribution in [3.8, 4) is 6.07 Å². The third kappa shape index (κ3) is 3.67. The van der Waals surface area contributed by atoms with Crippen LogP contribution in [-0.2, 0) is 11.2 Å². The van der Waals surface area contributed by atoms with E-state index in [0.717, 1.165) is 6.42 Å². The second kappa shape index (κ2) is 6.29. The highest BCUT2D eigenvalue weighted by Gasteiger charge is 2.17. The summed E-state index contributed by atoms with van der Waals surface area (Å²) in [6, 6.07) is 4.13. The molecule has 1 heterocycles. The lowest BCUT2D eigenvalue weighted by molar-refractivity contribution is -0.124. The van der Waals surface area contributed by atoms with Gasteiger partial charge in [0.1, 0.15) is 5.92 Å². The molecule has 1 aromatic heterocycles. The topological polar surface area (TPSA) is 52.9 Å². The van der Waals surface area contributed by atoms with Gasteiger partial charge in [-0.3, -0.25) is 4.79 Å². The average Bonchev–Trinajstić information content (AvgIpc) is 2.71. The Hall–Kier alpha value is -1.34. The molecule has 1 N–H and O–H groups in total. The van der Waals surface area contributed by atoms with Crippen LogP contribution in [-0.4, -0.2) is 11.9 Å². The molecule has 0 spiro atoms. The van der Waals surface area contributed by atoms with Crippen molar-refractivity contribution in [2.75, 3.05) is 0 Å². The predicted molar refractivity (Wildman–Crippen MR) is 65.0 cm³/mol. The van der Waals surface area contributed by atoms with E-state index in [9.17, 15) is 4.79 Å². The van der Waals surface area contributed by atoms with E-state index in [1.807, 2.05) is 25.3 Å². The number of thiophene rings is 1.